The number of hydrogen-bond acceptors (Lipinski definition) is 2. The quantitative estimate of drug-likeness (QED) is 0.724. The highest BCUT2D eigenvalue weighted by atomic mass is 35.5. The fraction of sp³-hybridized carbons (Fsp3) is 0.533. The Balaban J connectivity index is 2.19. The third-order valence-corrected chi connectivity index (χ3v) is 3.36. The molecule has 0 radical (unpaired) electrons. The second-order valence-electron chi connectivity index (χ2n) is 5.17. The van der Waals surface area contributed by atoms with Crippen molar-refractivity contribution < 1.29 is 9.90 Å². The summed E-state index contributed by atoms with van der Waals surface area (Å²) in [7, 11) is 0. The van der Waals surface area contributed by atoms with E-state index >= 15 is 0 Å². The predicted molar refractivity (Wildman–Crippen MR) is 82.0 cm³/mol. The van der Waals surface area contributed by atoms with Crippen LogP contribution in [0, 0.1) is 5.92 Å². The first-order valence-corrected chi connectivity index (χ1v) is 7.30. The zero-order valence-corrected chi connectivity index (χ0v) is 12.8. The maximum absolute atomic E-state index is 11.6. The lowest BCUT2D eigenvalue weighted by Crippen LogP contribution is -2.39. The summed E-state index contributed by atoms with van der Waals surface area (Å²) in [6.07, 6.45) is 1.05. The molecular weight excluding hydrogens is 276 g/mol. The minimum atomic E-state index is -0.338. The van der Waals surface area contributed by atoms with Gasteiger partial charge in [-0.1, -0.05) is 36.7 Å². The van der Waals surface area contributed by atoms with Crippen molar-refractivity contribution in [1.82, 2.24) is 10.6 Å². The normalized spacial score (nSPS) is 13.6. The molecule has 1 rings (SSSR count). The van der Waals surface area contributed by atoms with Crippen LogP contribution < -0.4 is 10.6 Å². The van der Waals surface area contributed by atoms with Crippen molar-refractivity contribution in [3.05, 3.63) is 34.9 Å². The number of carbonyl (C=O) groups is 1. The van der Waals surface area contributed by atoms with Crippen molar-refractivity contribution in [2.24, 2.45) is 5.92 Å². The summed E-state index contributed by atoms with van der Waals surface area (Å²) in [6, 6.07) is 7.42. The molecule has 0 aliphatic carbocycles. The van der Waals surface area contributed by atoms with Gasteiger partial charge in [0.05, 0.1) is 6.10 Å². The van der Waals surface area contributed by atoms with Crippen molar-refractivity contribution in [3.63, 3.8) is 0 Å². The van der Waals surface area contributed by atoms with Gasteiger partial charge < -0.3 is 15.7 Å². The number of halogens is 1. The number of aliphatic hydroxyl groups excluding tert-OH is 1. The minimum absolute atomic E-state index is 0.186. The summed E-state index contributed by atoms with van der Waals surface area (Å²) >= 11 is 6.04. The zero-order chi connectivity index (χ0) is 15.0. The molecule has 112 valence electrons. The van der Waals surface area contributed by atoms with Gasteiger partial charge in [-0.15, -0.1) is 0 Å². The number of urea groups is 1. The highest BCUT2D eigenvalue weighted by Crippen LogP contribution is 2.14. The summed E-state index contributed by atoms with van der Waals surface area (Å²) in [5, 5.41) is 15.6. The van der Waals surface area contributed by atoms with Gasteiger partial charge in [-0.05, 0) is 37.3 Å². The number of amides is 2. The van der Waals surface area contributed by atoms with Crippen LogP contribution in [0.25, 0.3) is 0 Å². The van der Waals surface area contributed by atoms with Gasteiger partial charge in [-0.2, -0.15) is 0 Å². The van der Waals surface area contributed by atoms with Gasteiger partial charge in [0.2, 0.25) is 0 Å². The van der Waals surface area contributed by atoms with Crippen LogP contribution >= 0.6 is 11.6 Å². The molecule has 20 heavy (non-hydrogen) atoms. The first-order valence-electron chi connectivity index (χ1n) is 6.92. The van der Waals surface area contributed by atoms with Gasteiger partial charge in [0.25, 0.3) is 0 Å². The molecule has 5 heteroatoms. The third kappa shape index (κ3) is 6.78. The van der Waals surface area contributed by atoms with E-state index < -0.39 is 0 Å². The summed E-state index contributed by atoms with van der Waals surface area (Å²) in [5.41, 5.74) is 1.02. The van der Waals surface area contributed by atoms with Crippen molar-refractivity contribution in [3.8, 4) is 0 Å². The number of benzene rings is 1. The second kappa shape index (κ2) is 8.82. The summed E-state index contributed by atoms with van der Waals surface area (Å²) < 4.78 is 0. The van der Waals surface area contributed by atoms with E-state index in [1.807, 2.05) is 31.2 Å². The van der Waals surface area contributed by atoms with Crippen LogP contribution in [0.1, 0.15) is 25.8 Å². The molecule has 0 aromatic heterocycles. The first kappa shape index (κ1) is 16.8. The van der Waals surface area contributed by atoms with Gasteiger partial charge in [0, 0.05) is 18.1 Å². The van der Waals surface area contributed by atoms with Crippen LogP contribution in [-0.2, 0) is 6.42 Å². The molecule has 2 amide bonds. The topological polar surface area (TPSA) is 61.4 Å². The SMILES string of the molecule is CC(O)CC(C)CNC(=O)NCCc1ccccc1Cl. The number of rotatable bonds is 7. The van der Waals surface area contributed by atoms with Crippen molar-refractivity contribution in [2.75, 3.05) is 13.1 Å². The smallest absolute Gasteiger partial charge is 0.314 e. The molecule has 4 nitrogen and oxygen atoms in total. The molecule has 0 saturated heterocycles. The van der Waals surface area contributed by atoms with Crippen LogP contribution in [0.3, 0.4) is 0 Å². The Hall–Kier alpha value is -1.26. The predicted octanol–water partition coefficient (Wildman–Crippen LogP) is 2.59. The molecule has 0 spiro atoms. The number of carbonyl (C=O) groups excluding carboxylic acids is 1. The zero-order valence-electron chi connectivity index (χ0n) is 12.0. The lowest BCUT2D eigenvalue weighted by Gasteiger charge is -2.14. The maximum atomic E-state index is 11.6. The van der Waals surface area contributed by atoms with Gasteiger partial charge >= 0.3 is 6.03 Å². The maximum Gasteiger partial charge on any atom is 0.314 e. The van der Waals surface area contributed by atoms with Gasteiger partial charge in [-0.3, -0.25) is 0 Å². The average Bonchev–Trinajstić information content (AvgIpc) is 2.38. The first-order chi connectivity index (χ1) is 9.49. The Morgan fingerprint density at radius 3 is 2.65 bits per heavy atom. The van der Waals surface area contributed by atoms with Gasteiger partial charge in [0.1, 0.15) is 0 Å². The molecule has 0 aliphatic rings. The van der Waals surface area contributed by atoms with Crippen LogP contribution in [-0.4, -0.2) is 30.3 Å². The van der Waals surface area contributed by atoms with E-state index in [0.717, 1.165) is 10.6 Å². The van der Waals surface area contributed by atoms with Crippen molar-refractivity contribution in [1.29, 1.82) is 0 Å². The molecule has 0 saturated carbocycles. The van der Waals surface area contributed by atoms with E-state index in [2.05, 4.69) is 10.6 Å². The molecule has 2 atom stereocenters. The lowest BCUT2D eigenvalue weighted by atomic mass is 10.1. The Kier molecular flexibility index (Phi) is 7.41. The van der Waals surface area contributed by atoms with E-state index in [-0.39, 0.29) is 18.1 Å². The molecule has 1 aromatic carbocycles. The van der Waals surface area contributed by atoms with Crippen LogP contribution in [0.5, 0.6) is 0 Å². The second-order valence-corrected chi connectivity index (χ2v) is 5.58. The van der Waals surface area contributed by atoms with Crippen molar-refractivity contribution >= 4 is 17.6 Å². The Bertz CT molecular complexity index is 424. The molecule has 0 fully saturated rings. The summed E-state index contributed by atoms with van der Waals surface area (Å²) in [5.74, 6) is 0.254. The largest absolute Gasteiger partial charge is 0.393 e. The molecule has 2 unspecified atom stereocenters. The van der Waals surface area contributed by atoms with E-state index in [0.29, 0.717) is 25.9 Å². The molecular formula is C15H23ClN2O2. The van der Waals surface area contributed by atoms with Crippen LogP contribution in [0.2, 0.25) is 5.02 Å². The van der Waals surface area contributed by atoms with E-state index in [1.54, 1.807) is 6.92 Å². The van der Waals surface area contributed by atoms with Crippen molar-refractivity contribution in [2.45, 2.75) is 32.8 Å². The lowest BCUT2D eigenvalue weighted by molar-refractivity contribution is 0.163. The van der Waals surface area contributed by atoms with E-state index in [9.17, 15) is 9.90 Å². The van der Waals surface area contributed by atoms with E-state index in [1.165, 1.54) is 0 Å². The highest BCUT2D eigenvalue weighted by Gasteiger charge is 2.08. The molecule has 0 bridgehead atoms. The molecule has 1 aromatic rings. The van der Waals surface area contributed by atoms with Gasteiger partial charge in [-0.25, -0.2) is 4.79 Å². The monoisotopic (exact) mass is 298 g/mol. The summed E-state index contributed by atoms with van der Waals surface area (Å²) in [4.78, 5) is 11.6. The van der Waals surface area contributed by atoms with Crippen LogP contribution in [0.4, 0.5) is 4.79 Å². The minimum Gasteiger partial charge on any atom is -0.393 e. The Labute approximate surface area is 125 Å². The third-order valence-electron chi connectivity index (χ3n) is 2.99. The standard InChI is InChI=1S/C15H23ClN2O2/c1-11(9-12(2)19)10-18-15(20)17-8-7-13-5-3-4-6-14(13)16/h3-6,11-12,19H,7-10H2,1-2H3,(H2,17,18,20). The molecule has 0 heterocycles. The van der Waals surface area contributed by atoms with E-state index in [4.69, 9.17) is 11.6 Å². The molecule has 0 aliphatic heterocycles. The fourth-order valence-corrected chi connectivity index (χ4v) is 2.24. The molecule has 3 N–H and O–H groups in total. The number of nitrogens with one attached hydrogen (secondary N) is 2. The van der Waals surface area contributed by atoms with Gasteiger partial charge in [0.15, 0.2) is 0 Å². The Morgan fingerprint density at radius 2 is 2.00 bits per heavy atom. The number of hydrogen-bond donors (Lipinski definition) is 3. The fourth-order valence-electron chi connectivity index (χ4n) is 2.01. The van der Waals surface area contributed by atoms with Crippen LogP contribution in [0.15, 0.2) is 24.3 Å². The highest BCUT2D eigenvalue weighted by molar-refractivity contribution is 6.31. The average molecular weight is 299 g/mol. The Morgan fingerprint density at radius 1 is 1.30 bits per heavy atom. The summed E-state index contributed by atoms with van der Waals surface area (Å²) in [6.45, 7) is 4.85. The number of aliphatic hydroxyl groups is 1.